The molecule has 2 heterocycles. The van der Waals surface area contributed by atoms with Crippen LogP contribution in [0.1, 0.15) is 0 Å². The summed E-state index contributed by atoms with van der Waals surface area (Å²) in [5, 5.41) is 2.97. The highest BCUT2D eigenvalue weighted by molar-refractivity contribution is 5.90. The Hall–Kier alpha value is -1.86. The van der Waals surface area contributed by atoms with Crippen LogP contribution in [0.4, 0.5) is 20.6 Å². The average molecular weight is 309 g/mol. The molecule has 1 atom stereocenters. The zero-order valence-electron chi connectivity index (χ0n) is 12.5. The molecular weight excluding hydrogens is 289 g/mol. The molecule has 3 rings (SSSR count). The number of nitrogens with zero attached hydrogens (tertiary/aromatic N) is 2. The van der Waals surface area contributed by atoms with Crippen LogP contribution in [0.3, 0.4) is 0 Å². The van der Waals surface area contributed by atoms with E-state index in [-0.39, 0.29) is 11.9 Å². The molecule has 0 radical (unpaired) electrons. The van der Waals surface area contributed by atoms with Crippen LogP contribution in [0.5, 0.6) is 0 Å². The fourth-order valence-corrected chi connectivity index (χ4v) is 2.79. The van der Waals surface area contributed by atoms with Gasteiger partial charge in [-0.25, -0.2) is 9.18 Å². The third kappa shape index (κ3) is 3.00. The molecule has 1 N–H and O–H groups in total. The van der Waals surface area contributed by atoms with Crippen molar-refractivity contribution in [1.82, 2.24) is 5.32 Å². The first-order valence-corrected chi connectivity index (χ1v) is 7.44. The van der Waals surface area contributed by atoms with Crippen LogP contribution >= 0.6 is 0 Å². The Morgan fingerprint density at radius 2 is 2.14 bits per heavy atom. The van der Waals surface area contributed by atoms with E-state index in [1.54, 1.807) is 19.2 Å². The second-order valence-electron chi connectivity index (χ2n) is 5.41. The molecule has 2 saturated heterocycles. The van der Waals surface area contributed by atoms with Gasteiger partial charge in [-0.2, -0.15) is 0 Å². The number of cyclic esters (lactones) is 1. The number of nitrogens with one attached hydrogen (secondary N) is 1. The fourth-order valence-electron chi connectivity index (χ4n) is 2.79. The van der Waals surface area contributed by atoms with Crippen LogP contribution < -0.4 is 15.1 Å². The molecule has 1 unspecified atom stereocenters. The molecule has 1 aromatic carbocycles. The Morgan fingerprint density at radius 1 is 1.36 bits per heavy atom. The van der Waals surface area contributed by atoms with Crippen LogP contribution in [0.25, 0.3) is 0 Å². The molecule has 2 fully saturated rings. The summed E-state index contributed by atoms with van der Waals surface area (Å²) >= 11 is 0. The summed E-state index contributed by atoms with van der Waals surface area (Å²) in [6, 6.07) is 4.87. The average Bonchev–Trinajstić information content (AvgIpc) is 2.89. The summed E-state index contributed by atoms with van der Waals surface area (Å²) in [5.41, 5.74) is 1.07. The molecule has 0 aliphatic carbocycles. The minimum Gasteiger partial charge on any atom is -0.443 e. The fraction of sp³-hybridized carbons (Fsp3) is 0.533. The number of anilines is 2. The summed E-state index contributed by atoms with van der Waals surface area (Å²) < 4.78 is 24.9. The normalized spacial score (nSPS) is 22.1. The summed E-state index contributed by atoms with van der Waals surface area (Å²) in [6.45, 7) is 3.56. The smallest absolute Gasteiger partial charge is 0.414 e. The van der Waals surface area contributed by atoms with Crippen LogP contribution in [-0.2, 0) is 9.47 Å². The number of halogens is 1. The Morgan fingerprint density at radius 3 is 2.82 bits per heavy atom. The highest BCUT2D eigenvalue weighted by Gasteiger charge is 2.32. The number of ether oxygens (including phenoxy) is 2. The Bertz CT molecular complexity index is 549. The standard InChI is InChI=1S/C15H20FN3O3/c1-17-9-12-10-19(15(20)22-12)11-2-3-14(13(16)8-11)18-4-6-21-7-5-18/h2-3,8,12,17H,4-7,9-10H2,1H3. The largest absolute Gasteiger partial charge is 0.443 e. The van der Waals surface area contributed by atoms with Crippen LogP contribution in [0.15, 0.2) is 18.2 Å². The number of likely N-dealkylation sites (N-methyl/N-ethyl adjacent to an activating group) is 1. The Labute approximate surface area is 128 Å². The van der Waals surface area contributed by atoms with Gasteiger partial charge >= 0.3 is 6.09 Å². The van der Waals surface area contributed by atoms with Gasteiger partial charge in [0.25, 0.3) is 0 Å². The molecule has 2 aliphatic rings. The molecule has 6 nitrogen and oxygen atoms in total. The molecule has 0 bridgehead atoms. The third-order valence-electron chi connectivity index (χ3n) is 3.90. The van der Waals surface area contributed by atoms with Crippen LogP contribution in [0.2, 0.25) is 0 Å². The number of carbonyl (C=O) groups excluding carboxylic acids is 1. The van der Waals surface area contributed by atoms with Crippen LogP contribution in [-0.4, -0.2) is 58.6 Å². The molecule has 0 saturated carbocycles. The van der Waals surface area contributed by atoms with E-state index in [4.69, 9.17) is 9.47 Å². The summed E-state index contributed by atoms with van der Waals surface area (Å²) in [4.78, 5) is 15.3. The second-order valence-corrected chi connectivity index (χ2v) is 5.41. The molecule has 0 spiro atoms. The topological polar surface area (TPSA) is 54.0 Å². The van der Waals surface area contributed by atoms with Gasteiger partial charge in [-0.3, -0.25) is 4.90 Å². The quantitative estimate of drug-likeness (QED) is 0.906. The van der Waals surface area contributed by atoms with Gasteiger partial charge in [0.1, 0.15) is 11.9 Å². The lowest BCUT2D eigenvalue weighted by Crippen LogP contribution is -2.36. The monoisotopic (exact) mass is 309 g/mol. The van der Waals surface area contributed by atoms with Crippen molar-refractivity contribution in [2.45, 2.75) is 6.10 Å². The van der Waals surface area contributed by atoms with Crippen molar-refractivity contribution < 1.29 is 18.7 Å². The number of hydrogen-bond donors (Lipinski definition) is 1. The predicted molar refractivity (Wildman–Crippen MR) is 81.0 cm³/mol. The van der Waals surface area contributed by atoms with Gasteiger partial charge in [-0.15, -0.1) is 0 Å². The molecule has 22 heavy (non-hydrogen) atoms. The Kier molecular flexibility index (Phi) is 4.44. The third-order valence-corrected chi connectivity index (χ3v) is 3.90. The Balaban J connectivity index is 1.75. The molecule has 7 heteroatoms. The maximum Gasteiger partial charge on any atom is 0.414 e. The van der Waals surface area contributed by atoms with Crippen molar-refractivity contribution in [2.24, 2.45) is 0 Å². The lowest BCUT2D eigenvalue weighted by Gasteiger charge is -2.29. The van der Waals surface area contributed by atoms with E-state index in [0.717, 1.165) is 0 Å². The van der Waals surface area contributed by atoms with Gasteiger partial charge in [0, 0.05) is 19.6 Å². The summed E-state index contributed by atoms with van der Waals surface area (Å²) in [7, 11) is 1.80. The highest BCUT2D eigenvalue weighted by Crippen LogP contribution is 2.28. The lowest BCUT2D eigenvalue weighted by atomic mass is 10.2. The van der Waals surface area contributed by atoms with E-state index in [0.29, 0.717) is 50.8 Å². The van der Waals surface area contributed by atoms with E-state index in [9.17, 15) is 9.18 Å². The van der Waals surface area contributed by atoms with E-state index in [1.165, 1.54) is 11.0 Å². The maximum atomic E-state index is 14.4. The molecule has 1 amide bonds. The molecule has 2 aliphatic heterocycles. The van der Waals surface area contributed by atoms with Gasteiger partial charge in [-0.05, 0) is 25.2 Å². The first kappa shape index (κ1) is 15.1. The van der Waals surface area contributed by atoms with Crippen molar-refractivity contribution in [1.29, 1.82) is 0 Å². The number of amides is 1. The first-order chi connectivity index (χ1) is 10.7. The summed E-state index contributed by atoms with van der Waals surface area (Å²) in [6.07, 6.45) is -0.641. The summed E-state index contributed by atoms with van der Waals surface area (Å²) in [5.74, 6) is -0.329. The number of rotatable bonds is 4. The van der Waals surface area contributed by atoms with Gasteiger partial charge in [0.05, 0.1) is 31.1 Å². The van der Waals surface area contributed by atoms with Crippen molar-refractivity contribution in [3.8, 4) is 0 Å². The minimum atomic E-state index is -0.432. The number of carbonyl (C=O) groups is 1. The van der Waals surface area contributed by atoms with E-state index >= 15 is 0 Å². The van der Waals surface area contributed by atoms with Crippen LogP contribution in [0, 0.1) is 5.82 Å². The zero-order valence-corrected chi connectivity index (χ0v) is 12.5. The number of morpholine rings is 1. The van der Waals surface area contributed by atoms with Gasteiger partial charge in [0.15, 0.2) is 0 Å². The predicted octanol–water partition coefficient (Wildman–Crippen LogP) is 1.21. The zero-order chi connectivity index (χ0) is 15.5. The highest BCUT2D eigenvalue weighted by atomic mass is 19.1. The van der Waals surface area contributed by atoms with E-state index in [1.807, 2.05) is 4.90 Å². The molecule has 120 valence electrons. The second kappa shape index (κ2) is 6.50. The van der Waals surface area contributed by atoms with Gasteiger partial charge in [-0.1, -0.05) is 0 Å². The number of benzene rings is 1. The van der Waals surface area contributed by atoms with Crippen molar-refractivity contribution in [2.75, 3.05) is 56.2 Å². The van der Waals surface area contributed by atoms with Crippen molar-refractivity contribution in [3.05, 3.63) is 24.0 Å². The van der Waals surface area contributed by atoms with E-state index in [2.05, 4.69) is 5.32 Å². The lowest BCUT2D eigenvalue weighted by molar-refractivity contribution is 0.122. The van der Waals surface area contributed by atoms with Crippen molar-refractivity contribution >= 4 is 17.5 Å². The van der Waals surface area contributed by atoms with E-state index < -0.39 is 6.09 Å². The van der Waals surface area contributed by atoms with Gasteiger partial charge in [0.2, 0.25) is 0 Å². The molecular formula is C15H20FN3O3. The SMILES string of the molecule is CNCC1CN(c2ccc(N3CCOCC3)c(F)c2)C(=O)O1. The minimum absolute atomic E-state index is 0.209. The first-order valence-electron chi connectivity index (χ1n) is 7.44. The molecule has 0 aromatic heterocycles. The van der Waals surface area contributed by atoms with Gasteiger partial charge < -0.3 is 19.7 Å². The number of hydrogen-bond acceptors (Lipinski definition) is 5. The van der Waals surface area contributed by atoms with Crippen molar-refractivity contribution in [3.63, 3.8) is 0 Å². The maximum absolute atomic E-state index is 14.4. The molecule has 1 aromatic rings.